The van der Waals surface area contributed by atoms with Gasteiger partial charge < -0.3 is 9.64 Å². The van der Waals surface area contributed by atoms with Crippen LogP contribution in [-0.2, 0) is 11.2 Å². The van der Waals surface area contributed by atoms with E-state index >= 15 is 0 Å². The maximum atomic E-state index is 12.3. The molecule has 114 valence electrons. The largest absolute Gasteiger partial charge is 0.472 e. The Morgan fingerprint density at radius 1 is 1.23 bits per heavy atom. The van der Waals surface area contributed by atoms with Gasteiger partial charge in [0.2, 0.25) is 11.8 Å². The van der Waals surface area contributed by atoms with Crippen molar-refractivity contribution in [2.75, 3.05) is 13.1 Å². The van der Waals surface area contributed by atoms with Crippen LogP contribution in [0.3, 0.4) is 0 Å². The van der Waals surface area contributed by atoms with Crippen LogP contribution in [0.4, 0.5) is 0 Å². The molecule has 1 aromatic heterocycles. The molecule has 1 aliphatic heterocycles. The molecule has 1 aromatic carbocycles. The number of likely N-dealkylation sites (tertiary alicyclic amines) is 1. The van der Waals surface area contributed by atoms with Crippen molar-refractivity contribution < 1.29 is 9.53 Å². The second-order valence-corrected chi connectivity index (χ2v) is 5.65. The molecule has 0 aliphatic carbocycles. The lowest BCUT2D eigenvalue weighted by atomic mass is 10.1. The number of ether oxygens (including phenoxy) is 1. The number of aryl methyl sites for hydroxylation is 1. The van der Waals surface area contributed by atoms with E-state index in [1.807, 2.05) is 60.4 Å². The second kappa shape index (κ2) is 6.60. The van der Waals surface area contributed by atoms with Gasteiger partial charge in [0.15, 0.2) is 0 Å². The Hall–Kier alpha value is -2.36. The molecule has 0 bridgehead atoms. The average Bonchev–Trinajstić information content (AvgIpc) is 2.97. The molecule has 4 heteroatoms. The van der Waals surface area contributed by atoms with Gasteiger partial charge in [0, 0.05) is 24.7 Å². The molecule has 2 heterocycles. The van der Waals surface area contributed by atoms with Crippen molar-refractivity contribution >= 4 is 5.91 Å². The Kier molecular flexibility index (Phi) is 4.37. The van der Waals surface area contributed by atoms with Crippen molar-refractivity contribution in [3.8, 4) is 5.88 Å². The Bertz CT molecular complexity index is 643. The summed E-state index contributed by atoms with van der Waals surface area (Å²) in [6.07, 6.45) is 1.35. The highest BCUT2D eigenvalue weighted by Crippen LogP contribution is 2.17. The van der Waals surface area contributed by atoms with E-state index in [2.05, 4.69) is 4.98 Å². The summed E-state index contributed by atoms with van der Waals surface area (Å²) in [5.41, 5.74) is 1.99. The van der Waals surface area contributed by atoms with Crippen molar-refractivity contribution in [3.63, 3.8) is 0 Å². The van der Waals surface area contributed by atoms with Gasteiger partial charge in [0.1, 0.15) is 6.10 Å². The predicted octanol–water partition coefficient (Wildman–Crippen LogP) is 2.61. The summed E-state index contributed by atoms with van der Waals surface area (Å²) in [6, 6.07) is 15.6. The third-order valence-electron chi connectivity index (χ3n) is 3.85. The lowest BCUT2D eigenvalue weighted by Gasteiger charge is -2.17. The maximum absolute atomic E-state index is 12.3. The summed E-state index contributed by atoms with van der Waals surface area (Å²) < 4.78 is 5.88. The van der Waals surface area contributed by atoms with Crippen LogP contribution in [-0.4, -0.2) is 35.0 Å². The topological polar surface area (TPSA) is 42.4 Å². The lowest BCUT2D eigenvalue weighted by Crippen LogP contribution is -2.32. The summed E-state index contributed by atoms with van der Waals surface area (Å²) in [6.45, 7) is 3.33. The normalized spacial score (nSPS) is 17.5. The van der Waals surface area contributed by atoms with Crippen LogP contribution in [0.2, 0.25) is 0 Å². The van der Waals surface area contributed by atoms with Gasteiger partial charge in [-0.25, -0.2) is 4.98 Å². The van der Waals surface area contributed by atoms with E-state index in [0.717, 1.165) is 24.2 Å². The molecule has 1 amide bonds. The number of carbonyl (C=O) groups is 1. The Morgan fingerprint density at radius 2 is 2.05 bits per heavy atom. The first-order valence-electron chi connectivity index (χ1n) is 7.63. The molecule has 0 spiro atoms. The van der Waals surface area contributed by atoms with Crippen molar-refractivity contribution in [1.29, 1.82) is 0 Å². The number of carbonyl (C=O) groups excluding carboxylic acids is 1. The van der Waals surface area contributed by atoms with Crippen LogP contribution < -0.4 is 4.74 Å². The molecule has 0 unspecified atom stereocenters. The highest BCUT2D eigenvalue weighted by Gasteiger charge is 2.27. The molecule has 0 radical (unpaired) electrons. The van der Waals surface area contributed by atoms with Crippen LogP contribution in [0.5, 0.6) is 5.88 Å². The molecule has 1 fully saturated rings. The van der Waals surface area contributed by atoms with Gasteiger partial charge in [-0.05, 0) is 18.6 Å². The van der Waals surface area contributed by atoms with Crippen molar-refractivity contribution in [2.45, 2.75) is 25.9 Å². The zero-order chi connectivity index (χ0) is 15.4. The van der Waals surface area contributed by atoms with E-state index in [1.165, 1.54) is 0 Å². The van der Waals surface area contributed by atoms with Gasteiger partial charge >= 0.3 is 0 Å². The highest BCUT2D eigenvalue weighted by molar-refractivity contribution is 5.79. The summed E-state index contributed by atoms with van der Waals surface area (Å²) in [5, 5.41) is 0. The number of pyridine rings is 1. The van der Waals surface area contributed by atoms with Crippen LogP contribution in [0.1, 0.15) is 17.7 Å². The first-order chi connectivity index (χ1) is 10.7. The summed E-state index contributed by atoms with van der Waals surface area (Å²) in [4.78, 5) is 18.6. The van der Waals surface area contributed by atoms with Gasteiger partial charge in [-0.2, -0.15) is 0 Å². The Labute approximate surface area is 130 Å². The minimum Gasteiger partial charge on any atom is -0.472 e. The van der Waals surface area contributed by atoms with E-state index in [9.17, 15) is 4.79 Å². The SMILES string of the molecule is Cc1cccc(O[C@@H]2CCN(C(=O)Cc3ccccc3)C2)n1. The lowest BCUT2D eigenvalue weighted by molar-refractivity contribution is -0.129. The van der Waals surface area contributed by atoms with E-state index in [-0.39, 0.29) is 12.0 Å². The molecule has 2 aromatic rings. The number of amides is 1. The molecule has 1 aliphatic rings. The number of nitrogens with zero attached hydrogens (tertiary/aromatic N) is 2. The highest BCUT2D eigenvalue weighted by atomic mass is 16.5. The summed E-state index contributed by atoms with van der Waals surface area (Å²) in [7, 11) is 0. The molecule has 3 rings (SSSR count). The Balaban J connectivity index is 1.54. The minimum atomic E-state index is 0.0361. The number of aromatic nitrogens is 1. The molecule has 0 N–H and O–H groups in total. The zero-order valence-corrected chi connectivity index (χ0v) is 12.7. The van der Waals surface area contributed by atoms with Crippen LogP contribution >= 0.6 is 0 Å². The third-order valence-corrected chi connectivity index (χ3v) is 3.85. The fraction of sp³-hybridized carbons (Fsp3) is 0.333. The number of rotatable bonds is 4. The van der Waals surface area contributed by atoms with E-state index in [0.29, 0.717) is 18.8 Å². The van der Waals surface area contributed by atoms with Crippen molar-refractivity contribution in [1.82, 2.24) is 9.88 Å². The molecular weight excluding hydrogens is 276 g/mol. The molecule has 4 nitrogen and oxygen atoms in total. The zero-order valence-electron chi connectivity index (χ0n) is 12.7. The molecule has 0 saturated carbocycles. The third kappa shape index (κ3) is 3.64. The van der Waals surface area contributed by atoms with Gasteiger partial charge in [0.25, 0.3) is 0 Å². The van der Waals surface area contributed by atoms with Gasteiger partial charge in [0.05, 0.1) is 13.0 Å². The molecule has 1 atom stereocenters. The van der Waals surface area contributed by atoms with Crippen LogP contribution in [0, 0.1) is 6.92 Å². The smallest absolute Gasteiger partial charge is 0.227 e. The monoisotopic (exact) mass is 296 g/mol. The van der Waals surface area contributed by atoms with Gasteiger partial charge in [-0.1, -0.05) is 36.4 Å². The first-order valence-corrected chi connectivity index (χ1v) is 7.63. The van der Waals surface area contributed by atoms with E-state index in [4.69, 9.17) is 4.74 Å². The van der Waals surface area contributed by atoms with E-state index < -0.39 is 0 Å². The quantitative estimate of drug-likeness (QED) is 0.871. The first kappa shape index (κ1) is 14.6. The van der Waals surface area contributed by atoms with Crippen LogP contribution in [0.15, 0.2) is 48.5 Å². The van der Waals surface area contributed by atoms with Crippen molar-refractivity contribution in [2.24, 2.45) is 0 Å². The molecule has 1 saturated heterocycles. The fourth-order valence-corrected chi connectivity index (χ4v) is 2.69. The Morgan fingerprint density at radius 3 is 2.82 bits per heavy atom. The molecule has 22 heavy (non-hydrogen) atoms. The predicted molar refractivity (Wildman–Crippen MR) is 84.7 cm³/mol. The van der Waals surface area contributed by atoms with Gasteiger partial charge in [-0.3, -0.25) is 4.79 Å². The average molecular weight is 296 g/mol. The van der Waals surface area contributed by atoms with E-state index in [1.54, 1.807) is 0 Å². The van der Waals surface area contributed by atoms with Crippen LogP contribution in [0.25, 0.3) is 0 Å². The standard InChI is InChI=1S/C18H20N2O2/c1-14-6-5-9-17(19-14)22-16-10-11-20(13-16)18(21)12-15-7-3-2-4-8-15/h2-9,16H,10-13H2,1H3/t16-/m1/s1. The molecular formula is C18H20N2O2. The van der Waals surface area contributed by atoms with Crippen molar-refractivity contribution in [3.05, 3.63) is 59.8 Å². The summed E-state index contributed by atoms with van der Waals surface area (Å²) in [5.74, 6) is 0.803. The maximum Gasteiger partial charge on any atom is 0.227 e. The number of hydrogen-bond donors (Lipinski definition) is 0. The minimum absolute atomic E-state index is 0.0361. The number of hydrogen-bond acceptors (Lipinski definition) is 3. The number of benzene rings is 1. The second-order valence-electron chi connectivity index (χ2n) is 5.65. The fourth-order valence-electron chi connectivity index (χ4n) is 2.69. The van der Waals surface area contributed by atoms with Gasteiger partial charge in [-0.15, -0.1) is 0 Å². The summed E-state index contributed by atoms with van der Waals surface area (Å²) >= 11 is 0.